The van der Waals surface area contributed by atoms with Gasteiger partial charge in [-0.05, 0) is 32.9 Å². The normalized spacial score (nSPS) is 33.5. The minimum absolute atomic E-state index is 0.124. The van der Waals surface area contributed by atoms with Crippen molar-refractivity contribution in [3.63, 3.8) is 0 Å². The Bertz CT molecular complexity index is 289. The van der Waals surface area contributed by atoms with Gasteiger partial charge in [-0.2, -0.15) is 11.8 Å². The maximum Gasteiger partial charge on any atom is 0.228 e. The van der Waals surface area contributed by atoms with Crippen LogP contribution < -0.4 is 5.32 Å². The van der Waals surface area contributed by atoms with Crippen molar-refractivity contribution in [1.82, 2.24) is 10.2 Å². The molecule has 2 fully saturated rings. The number of carbonyl (C=O) groups excluding carboxylic acids is 1. The standard InChI is InChI=1S/C13H24N2OS/c1-10-11(2)17-9-8-15(10)12(16)13(3)4-6-14-7-5-13/h10-11,14H,4-9H2,1-3H3. The lowest BCUT2D eigenvalue weighted by atomic mass is 9.79. The Kier molecular flexibility index (Phi) is 4.03. The Morgan fingerprint density at radius 3 is 2.65 bits per heavy atom. The van der Waals surface area contributed by atoms with Gasteiger partial charge in [0.2, 0.25) is 5.91 Å². The third kappa shape index (κ3) is 2.63. The Hall–Kier alpha value is -0.220. The molecule has 0 saturated carbocycles. The van der Waals surface area contributed by atoms with Crippen molar-refractivity contribution in [3.8, 4) is 0 Å². The van der Waals surface area contributed by atoms with Crippen molar-refractivity contribution in [2.24, 2.45) is 5.41 Å². The van der Waals surface area contributed by atoms with E-state index in [2.05, 4.69) is 31.0 Å². The van der Waals surface area contributed by atoms with Crippen LogP contribution in [0.4, 0.5) is 0 Å². The predicted molar refractivity (Wildman–Crippen MR) is 73.3 cm³/mol. The first-order valence-electron chi connectivity index (χ1n) is 6.68. The minimum Gasteiger partial charge on any atom is -0.338 e. The zero-order chi connectivity index (χ0) is 12.5. The lowest BCUT2D eigenvalue weighted by molar-refractivity contribution is -0.144. The van der Waals surface area contributed by atoms with E-state index in [0.717, 1.165) is 38.2 Å². The summed E-state index contributed by atoms with van der Waals surface area (Å²) >= 11 is 1.99. The highest BCUT2D eigenvalue weighted by Crippen LogP contribution is 2.34. The van der Waals surface area contributed by atoms with Gasteiger partial charge in [0, 0.05) is 29.0 Å². The zero-order valence-electron chi connectivity index (χ0n) is 11.2. The number of nitrogens with zero attached hydrogens (tertiary/aromatic N) is 1. The van der Waals surface area contributed by atoms with Crippen LogP contribution in [0.1, 0.15) is 33.6 Å². The number of carbonyl (C=O) groups is 1. The molecule has 0 radical (unpaired) electrons. The number of thioether (sulfide) groups is 1. The summed E-state index contributed by atoms with van der Waals surface area (Å²) in [6.07, 6.45) is 1.97. The molecule has 2 atom stereocenters. The summed E-state index contributed by atoms with van der Waals surface area (Å²) in [4.78, 5) is 14.9. The number of piperidine rings is 1. The van der Waals surface area contributed by atoms with Crippen molar-refractivity contribution < 1.29 is 4.79 Å². The molecule has 1 amide bonds. The van der Waals surface area contributed by atoms with Gasteiger partial charge in [-0.3, -0.25) is 4.79 Å². The third-order valence-electron chi connectivity index (χ3n) is 4.37. The second-order valence-corrected chi connectivity index (χ2v) is 7.11. The Labute approximate surface area is 109 Å². The van der Waals surface area contributed by atoms with Crippen molar-refractivity contribution in [3.05, 3.63) is 0 Å². The molecule has 0 bridgehead atoms. The fourth-order valence-electron chi connectivity index (χ4n) is 2.76. The summed E-state index contributed by atoms with van der Waals surface area (Å²) in [5, 5.41) is 3.91. The van der Waals surface area contributed by atoms with E-state index in [1.807, 2.05) is 11.8 Å². The van der Waals surface area contributed by atoms with Crippen LogP contribution in [0.5, 0.6) is 0 Å². The highest BCUT2D eigenvalue weighted by atomic mass is 32.2. The van der Waals surface area contributed by atoms with E-state index in [0.29, 0.717) is 17.2 Å². The highest BCUT2D eigenvalue weighted by molar-refractivity contribution is 8.00. The van der Waals surface area contributed by atoms with Crippen LogP contribution in [0.15, 0.2) is 0 Å². The van der Waals surface area contributed by atoms with Gasteiger partial charge >= 0.3 is 0 Å². The maximum absolute atomic E-state index is 12.7. The van der Waals surface area contributed by atoms with Crippen molar-refractivity contribution in [1.29, 1.82) is 0 Å². The fourth-order valence-corrected chi connectivity index (χ4v) is 3.86. The molecule has 2 aliphatic rings. The van der Waals surface area contributed by atoms with E-state index in [1.54, 1.807) is 0 Å². The first kappa shape index (κ1) is 13.2. The van der Waals surface area contributed by atoms with Crippen LogP contribution in [0, 0.1) is 5.41 Å². The number of rotatable bonds is 1. The Balaban J connectivity index is 2.07. The van der Waals surface area contributed by atoms with E-state index in [4.69, 9.17) is 0 Å². The topological polar surface area (TPSA) is 32.3 Å². The molecule has 2 heterocycles. The molecule has 1 N–H and O–H groups in total. The number of hydrogen-bond acceptors (Lipinski definition) is 3. The molecule has 2 rings (SSSR count). The van der Waals surface area contributed by atoms with E-state index >= 15 is 0 Å². The lowest BCUT2D eigenvalue weighted by Gasteiger charge is -2.43. The van der Waals surface area contributed by atoms with Crippen LogP contribution in [0.2, 0.25) is 0 Å². The van der Waals surface area contributed by atoms with Crippen LogP contribution in [0.3, 0.4) is 0 Å². The SMILES string of the molecule is CC1SCCN(C(=O)C2(C)CCNCC2)C1C. The second-order valence-electron chi connectivity index (χ2n) is 5.63. The molecule has 0 aliphatic carbocycles. The van der Waals surface area contributed by atoms with E-state index in [-0.39, 0.29) is 5.41 Å². The molecular formula is C13H24N2OS. The van der Waals surface area contributed by atoms with Crippen molar-refractivity contribution in [2.45, 2.75) is 44.9 Å². The minimum atomic E-state index is -0.124. The van der Waals surface area contributed by atoms with Gasteiger partial charge in [0.05, 0.1) is 0 Å². The molecule has 0 aromatic carbocycles. The zero-order valence-corrected chi connectivity index (χ0v) is 12.0. The molecule has 0 aromatic heterocycles. The molecule has 3 nitrogen and oxygen atoms in total. The molecule has 4 heteroatoms. The average Bonchev–Trinajstić information content (AvgIpc) is 2.33. The number of amides is 1. The summed E-state index contributed by atoms with van der Waals surface area (Å²) in [7, 11) is 0. The summed E-state index contributed by atoms with van der Waals surface area (Å²) in [5.41, 5.74) is -0.124. The first-order valence-corrected chi connectivity index (χ1v) is 7.73. The second kappa shape index (κ2) is 5.19. The summed E-state index contributed by atoms with van der Waals surface area (Å²) < 4.78 is 0. The molecule has 98 valence electrons. The van der Waals surface area contributed by atoms with Gasteiger partial charge in [0.1, 0.15) is 0 Å². The van der Waals surface area contributed by atoms with Crippen LogP contribution in [0.25, 0.3) is 0 Å². The summed E-state index contributed by atoms with van der Waals surface area (Å²) in [6, 6.07) is 0.382. The van der Waals surface area contributed by atoms with Gasteiger partial charge in [-0.25, -0.2) is 0 Å². The van der Waals surface area contributed by atoms with E-state index in [9.17, 15) is 4.79 Å². The molecular weight excluding hydrogens is 232 g/mol. The van der Waals surface area contributed by atoms with Crippen molar-refractivity contribution >= 4 is 17.7 Å². The highest BCUT2D eigenvalue weighted by Gasteiger charge is 2.40. The molecule has 0 aromatic rings. The van der Waals surface area contributed by atoms with Gasteiger partial charge in [-0.1, -0.05) is 13.8 Å². The Morgan fingerprint density at radius 2 is 2.00 bits per heavy atom. The molecule has 2 aliphatic heterocycles. The number of nitrogens with one attached hydrogen (secondary N) is 1. The predicted octanol–water partition coefficient (Wildman–Crippen LogP) is 1.73. The monoisotopic (exact) mass is 256 g/mol. The summed E-state index contributed by atoms with van der Waals surface area (Å²) in [5.74, 6) is 1.48. The molecule has 17 heavy (non-hydrogen) atoms. The van der Waals surface area contributed by atoms with Crippen LogP contribution in [-0.2, 0) is 4.79 Å². The maximum atomic E-state index is 12.7. The van der Waals surface area contributed by atoms with Crippen LogP contribution >= 0.6 is 11.8 Å². The van der Waals surface area contributed by atoms with Gasteiger partial charge in [-0.15, -0.1) is 0 Å². The fraction of sp³-hybridized carbons (Fsp3) is 0.923. The van der Waals surface area contributed by atoms with E-state index < -0.39 is 0 Å². The quantitative estimate of drug-likeness (QED) is 0.775. The lowest BCUT2D eigenvalue weighted by Crippen LogP contribution is -2.54. The van der Waals surface area contributed by atoms with E-state index in [1.165, 1.54) is 0 Å². The van der Waals surface area contributed by atoms with Gasteiger partial charge < -0.3 is 10.2 Å². The average molecular weight is 256 g/mol. The largest absolute Gasteiger partial charge is 0.338 e. The van der Waals surface area contributed by atoms with Crippen LogP contribution in [-0.4, -0.2) is 47.5 Å². The molecule has 2 unspecified atom stereocenters. The number of hydrogen-bond donors (Lipinski definition) is 1. The van der Waals surface area contributed by atoms with Crippen molar-refractivity contribution in [2.75, 3.05) is 25.4 Å². The molecule has 2 saturated heterocycles. The smallest absolute Gasteiger partial charge is 0.228 e. The van der Waals surface area contributed by atoms with Gasteiger partial charge in [0.15, 0.2) is 0 Å². The Morgan fingerprint density at radius 1 is 1.35 bits per heavy atom. The summed E-state index contributed by atoms with van der Waals surface area (Å²) in [6.45, 7) is 9.47. The first-order chi connectivity index (χ1) is 8.04. The third-order valence-corrected chi connectivity index (χ3v) is 5.71. The molecule has 0 spiro atoms. The van der Waals surface area contributed by atoms with Gasteiger partial charge in [0.25, 0.3) is 0 Å².